The van der Waals surface area contributed by atoms with Crippen LogP contribution in [0, 0.1) is 5.92 Å². The Morgan fingerprint density at radius 3 is 2.68 bits per heavy atom. The number of aliphatic imine (C=N–C) groups is 1. The van der Waals surface area contributed by atoms with E-state index in [0.717, 1.165) is 43.8 Å². The Morgan fingerprint density at radius 2 is 2.08 bits per heavy atom. The zero-order valence-electron chi connectivity index (χ0n) is 15.5. The summed E-state index contributed by atoms with van der Waals surface area (Å²) < 4.78 is 36.8. The van der Waals surface area contributed by atoms with Gasteiger partial charge >= 0.3 is 0 Å². The van der Waals surface area contributed by atoms with E-state index in [2.05, 4.69) is 15.6 Å². The molecule has 0 aromatic rings. The van der Waals surface area contributed by atoms with Crippen LogP contribution in [0.25, 0.3) is 0 Å². The molecule has 1 aliphatic heterocycles. The molecule has 7 nitrogen and oxygen atoms in total. The summed E-state index contributed by atoms with van der Waals surface area (Å²) in [6.07, 6.45) is 6.28. The fourth-order valence-corrected chi connectivity index (χ4v) is 5.91. The molecule has 1 heterocycles. The smallest absolute Gasteiger partial charge is 0.211 e. The third kappa shape index (κ3) is 6.21. The molecule has 0 aromatic heterocycles. The van der Waals surface area contributed by atoms with Crippen LogP contribution >= 0.6 is 0 Å². The molecule has 1 aliphatic carbocycles. The van der Waals surface area contributed by atoms with Gasteiger partial charge in [-0.2, -0.15) is 0 Å². The summed E-state index contributed by atoms with van der Waals surface area (Å²) in [5.74, 6) is 1.79. The largest absolute Gasteiger partial charge is 0.356 e. The molecule has 9 heteroatoms. The van der Waals surface area contributed by atoms with Crippen molar-refractivity contribution in [3.8, 4) is 0 Å². The van der Waals surface area contributed by atoms with Crippen molar-refractivity contribution in [2.24, 2.45) is 10.9 Å². The molecule has 1 saturated carbocycles. The zero-order chi connectivity index (χ0) is 18.4. The second-order valence-corrected chi connectivity index (χ2v) is 11.0. The molecule has 2 aliphatic rings. The van der Waals surface area contributed by atoms with Gasteiger partial charge in [0, 0.05) is 54.5 Å². The SMILES string of the molecule is CCS(=O)C1CCCC(NC(=NC)NCC2CCN(S(C)(=O)=O)C2)C1. The Bertz CT molecular complexity index is 594. The summed E-state index contributed by atoms with van der Waals surface area (Å²) in [7, 11) is -2.07. The number of hydrogen-bond acceptors (Lipinski definition) is 4. The summed E-state index contributed by atoms with van der Waals surface area (Å²) >= 11 is 0. The molecule has 0 amide bonds. The summed E-state index contributed by atoms with van der Waals surface area (Å²) in [4.78, 5) is 4.29. The van der Waals surface area contributed by atoms with Crippen molar-refractivity contribution in [2.45, 2.75) is 50.3 Å². The van der Waals surface area contributed by atoms with E-state index < -0.39 is 20.8 Å². The van der Waals surface area contributed by atoms with Gasteiger partial charge in [-0.1, -0.05) is 13.3 Å². The minimum Gasteiger partial charge on any atom is -0.356 e. The fraction of sp³-hybridized carbons (Fsp3) is 0.938. The van der Waals surface area contributed by atoms with Gasteiger partial charge in [-0.25, -0.2) is 12.7 Å². The molecule has 25 heavy (non-hydrogen) atoms. The molecule has 146 valence electrons. The van der Waals surface area contributed by atoms with Crippen molar-refractivity contribution >= 4 is 26.8 Å². The quantitative estimate of drug-likeness (QED) is 0.508. The van der Waals surface area contributed by atoms with Crippen LogP contribution in [0.4, 0.5) is 0 Å². The van der Waals surface area contributed by atoms with Crippen molar-refractivity contribution in [2.75, 3.05) is 38.7 Å². The first-order valence-corrected chi connectivity index (χ1v) is 12.4. The van der Waals surface area contributed by atoms with Crippen molar-refractivity contribution < 1.29 is 12.6 Å². The van der Waals surface area contributed by atoms with E-state index in [0.29, 0.717) is 31.6 Å². The van der Waals surface area contributed by atoms with Crippen molar-refractivity contribution in [3.63, 3.8) is 0 Å². The highest BCUT2D eigenvalue weighted by atomic mass is 32.2. The Balaban J connectivity index is 1.78. The van der Waals surface area contributed by atoms with Crippen molar-refractivity contribution in [1.29, 1.82) is 0 Å². The first-order valence-electron chi connectivity index (χ1n) is 9.13. The summed E-state index contributed by atoms with van der Waals surface area (Å²) in [5, 5.41) is 7.07. The van der Waals surface area contributed by atoms with Gasteiger partial charge in [-0.3, -0.25) is 9.20 Å². The molecule has 0 radical (unpaired) electrons. The lowest BCUT2D eigenvalue weighted by atomic mass is 9.95. The highest BCUT2D eigenvalue weighted by molar-refractivity contribution is 7.88. The van der Waals surface area contributed by atoms with Crippen molar-refractivity contribution in [3.05, 3.63) is 0 Å². The Morgan fingerprint density at radius 1 is 1.32 bits per heavy atom. The maximum Gasteiger partial charge on any atom is 0.211 e. The molecule has 0 bridgehead atoms. The minimum atomic E-state index is -3.09. The van der Waals surface area contributed by atoms with E-state index in [4.69, 9.17) is 0 Å². The van der Waals surface area contributed by atoms with Crippen LogP contribution in [0.2, 0.25) is 0 Å². The first-order chi connectivity index (χ1) is 11.8. The highest BCUT2D eigenvalue weighted by Gasteiger charge is 2.29. The molecule has 1 saturated heterocycles. The normalized spacial score (nSPS) is 30.2. The van der Waals surface area contributed by atoms with E-state index in [-0.39, 0.29) is 5.25 Å². The van der Waals surface area contributed by atoms with E-state index in [9.17, 15) is 12.6 Å². The van der Waals surface area contributed by atoms with Gasteiger partial charge in [0.1, 0.15) is 0 Å². The zero-order valence-corrected chi connectivity index (χ0v) is 17.2. The van der Waals surface area contributed by atoms with Gasteiger partial charge in [-0.15, -0.1) is 0 Å². The molecule has 4 atom stereocenters. The second-order valence-electron chi connectivity index (χ2n) is 7.03. The topological polar surface area (TPSA) is 90.9 Å². The summed E-state index contributed by atoms with van der Waals surface area (Å²) in [6, 6.07) is 0.302. The second kappa shape index (κ2) is 9.32. The Labute approximate surface area is 154 Å². The van der Waals surface area contributed by atoms with Crippen LogP contribution in [-0.2, 0) is 20.8 Å². The average molecular weight is 393 g/mol. The Kier molecular flexibility index (Phi) is 7.69. The van der Waals surface area contributed by atoms with Crippen LogP contribution in [0.15, 0.2) is 4.99 Å². The molecule has 2 fully saturated rings. The monoisotopic (exact) mass is 392 g/mol. The van der Waals surface area contributed by atoms with Gasteiger partial charge in [0.2, 0.25) is 10.0 Å². The summed E-state index contributed by atoms with van der Waals surface area (Å²) in [5.41, 5.74) is 0. The van der Waals surface area contributed by atoms with E-state index in [1.165, 1.54) is 6.26 Å². The molecular formula is C16H32N4O3S2. The first kappa shape index (κ1) is 20.6. The fourth-order valence-electron chi connectivity index (χ4n) is 3.64. The van der Waals surface area contributed by atoms with Crippen LogP contribution in [-0.4, -0.2) is 72.9 Å². The van der Waals surface area contributed by atoms with Crippen LogP contribution in [0.5, 0.6) is 0 Å². The number of nitrogens with one attached hydrogen (secondary N) is 2. The van der Waals surface area contributed by atoms with Crippen LogP contribution in [0.3, 0.4) is 0 Å². The minimum absolute atomic E-state index is 0.285. The van der Waals surface area contributed by atoms with E-state index in [1.807, 2.05) is 6.92 Å². The molecule has 2 N–H and O–H groups in total. The van der Waals surface area contributed by atoms with Gasteiger partial charge in [0.25, 0.3) is 0 Å². The predicted molar refractivity (Wildman–Crippen MR) is 104 cm³/mol. The van der Waals surface area contributed by atoms with Gasteiger partial charge in [0.05, 0.1) is 6.26 Å². The van der Waals surface area contributed by atoms with Crippen LogP contribution in [0.1, 0.15) is 39.0 Å². The number of guanidine groups is 1. The average Bonchev–Trinajstić information content (AvgIpc) is 3.07. The van der Waals surface area contributed by atoms with E-state index >= 15 is 0 Å². The number of hydrogen-bond donors (Lipinski definition) is 2. The number of nitrogens with zero attached hydrogens (tertiary/aromatic N) is 2. The van der Waals surface area contributed by atoms with Gasteiger partial charge in [0.15, 0.2) is 5.96 Å². The summed E-state index contributed by atoms with van der Waals surface area (Å²) in [6.45, 7) is 3.87. The van der Waals surface area contributed by atoms with E-state index in [1.54, 1.807) is 11.4 Å². The maximum atomic E-state index is 12.1. The Hall–Kier alpha value is -0.670. The lowest BCUT2D eigenvalue weighted by molar-refractivity contribution is 0.411. The molecule has 0 aromatic carbocycles. The highest BCUT2D eigenvalue weighted by Crippen LogP contribution is 2.23. The lowest BCUT2D eigenvalue weighted by Crippen LogP contribution is -2.47. The molecular weight excluding hydrogens is 360 g/mol. The third-order valence-corrected chi connectivity index (χ3v) is 8.13. The standard InChI is InChI=1S/C16H32N4O3S2/c1-4-24(21)15-7-5-6-14(10-15)19-16(17-2)18-11-13-8-9-20(12-13)25(3,22)23/h13-15H,4-12H2,1-3H3,(H2,17,18,19). The predicted octanol–water partition coefficient (Wildman–Crippen LogP) is 0.513. The number of sulfonamides is 1. The van der Waals surface area contributed by atoms with Gasteiger partial charge in [-0.05, 0) is 31.6 Å². The molecule has 2 rings (SSSR count). The lowest BCUT2D eigenvalue weighted by Gasteiger charge is -2.30. The molecule has 4 unspecified atom stereocenters. The maximum absolute atomic E-state index is 12.1. The number of rotatable bonds is 6. The molecule has 0 spiro atoms. The van der Waals surface area contributed by atoms with Crippen molar-refractivity contribution in [1.82, 2.24) is 14.9 Å². The third-order valence-electron chi connectivity index (χ3n) is 5.12. The van der Waals surface area contributed by atoms with Gasteiger partial charge < -0.3 is 10.6 Å². The van der Waals surface area contributed by atoms with Crippen LogP contribution < -0.4 is 10.6 Å².